The Bertz CT molecular complexity index is 254. The second-order valence-corrected chi connectivity index (χ2v) is 2.49. The molecule has 1 rings (SSSR count). The highest BCUT2D eigenvalue weighted by molar-refractivity contribution is 5.66. The zero-order chi connectivity index (χ0) is 8.81. The summed E-state index contributed by atoms with van der Waals surface area (Å²) in [6.07, 6.45) is 1.83. The number of benzene rings is 1. The first-order valence-corrected chi connectivity index (χ1v) is 3.94. The van der Waals surface area contributed by atoms with E-state index in [2.05, 4.69) is 0 Å². The summed E-state index contributed by atoms with van der Waals surface area (Å²) in [5.74, 6) is 0. The quantitative estimate of drug-likeness (QED) is 0.698. The highest BCUT2D eigenvalue weighted by Gasteiger charge is 1.96. The van der Waals surface area contributed by atoms with Gasteiger partial charge in [0.05, 0.1) is 6.61 Å². The average molecular weight is 163 g/mol. The molecule has 0 saturated carbocycles. The van der Waals surface area contributed by atoms with Crippen molar-refractivity contribution in [3.05, 3.63) is 42.0 Å². The first-order valence-electron chi connectivity index (χ1n) is 3.94. The summed E-state index contributed by atoms with van der Waals surface area (Å²) in [4.78, 5) is 0. The lowest BCUT2D eigenvalue weighted by Crippen LogP contribution is -1.98. The molecule has 0 atom stereocenters. The van der Waals surface area contributed by atoms with Crippen LogP contribution in [0.4, 0.5) is 0 Å². The van der Waals surface area contributed by atoms with Gasteiger partial charge in [0.15, 0.2) is 0 Å². The first kappa shape index (κ1) is 8.97. The van der Waals surface area contributed by atoms with Crippen LogP contribution in [0.15, 0.2) is 36.4 Å². The molecule has 1 aromatic rings. The first-order chi connectivity index (χ1) is 5.88. The van der Waals surface area contributed by atoms with Crippen LogP contribution in [0, 0.1) is 0 Å². The van der Waals surface area contributed by atoms with Gasteiger partial charge in [-0.3, -0.25) is 0 Å². The highest BCUT2D eigenvalue weighted by atomic mass is 16.3. The maximum Gasteiger partial charge on any atom is 0.0685 e. The Kier molecular flexibility index (Phi) is 3.51. The second kappa shape index (κ2) is 4.70. The molecule has 0 aliphatic carbocycles. The summed E-state index contributed by atoms with van der Waals surface area (Å²) in [6.45, 7) is 0.506. The fraction of sp³-hybridized carbons (Fsp3) is 0.200. The Labute approximate surface area is 72.3 Å². The van der Waals surface area contributed by atoms with E-state index in [4.69, 9.17) is 10.8 Å². The summed E-state index contributed by atoms with van der Waals surface area (Å²) in [7, 11) is 0. The predicted octanol–water partition coefficient (Wildman–Crippen LogP) is 1.02. The van der Waals surface area contributed by atoms with Crippen LogP contribution >= 0.6 is 0 Å². The van der Waals surface area contributed by atoms with E-state index in [1.54, 1.807) is 0 Å². The van der Waals surface area contributed by atoms with Crippen molar-refractivity contribution in [3.63, 3.8) is 0 Å². The molecule has 12 heavy (non-hydrogen) atoms. The minimum Gasteiger partial charge on any atom is -0.392 e. The van der Waals surface area contributed by atoms with Crippen molar-refractivity contribution >= 4 is 5.57 Å². The maximum absolute atomic E-state index is 8.99. The van der Waals surface area contributed by atoms with E-state index in [9.17, 15) is 0 Å². The molecule has 0 radical (unpaired) electrons. The van der Waals surface area contributed by atoms with Crippen LogP contribution in [0.5, 0.6) is 0 Å². The maximum atomic E-state index is 8.99. The Balaban J connectivity index is 2.88. The number of hydrogen-bond acceptors (Lipinski definition) is 2. The molecule has 0 bridgehead atoms. The van der Waals surface area contributed by atoms with Gasteiger partial charge < -0.3 is 10.8 Å². The molecule has 0 heterocycles. The Morgan fingerprint density at radius 3 is 2.50 bits per heavy atom. The van der Waals surface area contributed by atoms with Crippen molar-refractivity contribution < 1.29 is 5.11 Å². The van der Waals surface area contributed by atoms with Crippen LogP contribution in [0.1, 0.15) is 5.56 Å². The summed E-state index contributed by atoms with van der Waals surface area (Å²) in [5.41, 5.74) is 7.27. The van der Waals surface area contributed by atoms with E-state index >= 15 is 0 Å². The lowest BCUT2D eigenvalue weighted by Gasteiger charge is -2.02. The fourth-order valence-electron chi connectivity index (χ4n) is 1.07. The normalized spacial score (nSPS) is 11.7. The largest absolute Gasteiger partial charge is 0.392 e. The zero-order valence-electron chi connectivity index (χ0n) is 6.90. The lowest BCUT2D eigenvalue weighted by atomic mass is 10.1. The second-order valence-electron chi connectivity index (χ2n) is 2.49. The topological polar surface area (TPSA) is 46.2 Å². The Hall–Kier alpha value is -1.12. The van der Waals surface area contributed by atoms with E-state index in [1.165, 1.54) is 0 Å². The number of hydrogen-bond donors (Lipinski definition) is 2. The Morgan fingerprint density at radius 2 is 2.00 bits per heavy atom. The molecule has 0 aliphatic heterocycles. The lowest BCUT2D eigenvalue weighted by molar-refractivity contribution is 0.350. The van der Waals surface area contributed by atoms with Gasteiger partial charge >= 0.3 is 0 Å². The van der Waals surface area contributed by atoms with Crippen LogP contribution in [0.2, 0.25) is 0 Å². The Morgan fingerprint density at radius 1 is 1.33 bits per heavy atom. The van der Waals surface area contributed by atoms with Crippen LogP contribution in [-0.2, 0) is 0 Å². The molecular weight excluding hydrogens is 150 g/mol. The molecule has 3 N–H and O–H groups in total. The number of nitrogens with two attached hydrogens (primary N) is 1. The molecule has 0 aromatic heterocycles. The summed E-state index contributed by atoms with van der Waals surface area (Å²) < 4.78 is 0. The summed E-state index contributed by atoms with van der Waals surface area (Å²) in [5, 5.41) is 8.99. The van der Waals surface area contributed by atoms with Gasteiger partial charge in [0, 0.05) is 6.54 Å². The van der Waals surface area contributed by atoms with Crippen molar-refractivity contribution in [1.82, 2.24) is 0 Å². The number of rotatable bonds is 3. The van der Waals surface area contributed by atoms with Crippen LogP contribution in [-0.4, -0.2) is 18.3 Å². The van der Waals surface area contributed by atoms with Gasteiger partial charge in [-0.25, -0.2) is 0 Å². The van der Waals surface area contributed by atoms with Crippen molar-refractivity contribution in [2.75, 3.05) is 13.2 Å². The average Bonchev–Trinajstić information content (AvgIpc) is 2.15. The van der Waals surface area contributed by atoms with Gasteiger partial charge in [-0.1, -0.05) is 36.4 Å². The minimum absolute atomic E-state index is 0.0429. The zero-order valence-corrected chi connectivity index (χ0v) is 6.90. The third-order valence-electron chi connectivity index (χ3n) is 1.68. The van der Waals surface area contributed by atoms with Crippen LogP contribution in [0.25, 0.3) is 5.57 Å². The van der Waals surface area contributed by atoms with Crippen LogP contribution in [0.3, 0.4) is 0 Å². The fourth-order valence-corrected chi connectivity index (χ4v) is 1.07. The standard InChI is InChI=1S/C10H13NO/c11-7-6-10(8-12)9-4-2-1-3-5-9/h1-6,12H,7-8,11H2/b10-6-. The third kappa shape index (κ3) is 2.19. The minimum atomic E-state index is 0.0429. The molecular formula is C10H13NO. The van der Waals surface area contributed by atoms with E-state index in [1.807, 2.05) is 36.4 Å². The van der Waals surface area contributed by atoms with Gasteiger partial charge in [-0.05, 0) is 11.1 Å². The van der Waals surface area contributed by atoms with E-state index in [0.29, 0.717) is 6.54 Å². The van der Waals surface area contributed by atoms with Gasteiger partial charge in [0.25, 0.3) is 0 Å². The molecule has 0 amide bonds. The monoisotopic (exact) mass is 163 g/mol. The molecule has 64 valence electrons. The molecule has 0 aliphatic rings. The number of aliphatic hydroxyl groups excluding tert-OH is 1. The van der Waals surface area contributed by atoms with Gasteiger partial charge in [0.2, 0.25) is 0 Å². The predicted molar refractivity (Wildman–Crippen MR) is 50.6 cm³/mol. The SMILES string of the molecule is NC/C=C(/CO)c1ccccc1. The molecule has 0 saturated heterocycles. The molecule has 1 aromatic carbocycles. The van der Waals surface area contributed by atoms with E-state index < -0.39 is 0 Å². The molecule has 0 spiro atoms. The van der Waals surface area contributed by atoms with Crippen molar-refractivity contribution in [2.24, 2.45) is 5.73 Å². The summed E-state index contributed by atoms with van der Waals surface area (Å²) in [6, 6.07) is 9.74. The number of aliphatic hydroxyl groups is 1. The van der Waals surface area contributed by atoms with Crippen molar-refractivity contribution in [1.29, 1.82) is 0 Å². The van der Waals surface area contributed by atoms with Crippen molar-refractivity contribution in [3.8, 4) is 0 Å². The van der Waals surface area contributed by atoms with Gasteiger partial charge in [0.1, 0.15) is 0 Å². The van der Waals surface area contributed by atoms with Gasteiger partial charge in [-0.2, -0.15) is 0 Å². The van der Waals surface area contributed by atoms with Gasteiger partial charge in [-0.15, -0.1) is 0 Å². The van der Waals surface area contributed by atoms with E-state index in [0.717, 1.165) is 11.1 Å². The van der Waals surface area contributed by atoms with Crippen LogP contribution < -0.4 is 5.73 Å². The smallest absolute Gasteiger partial charge is 0.0685 e. The molecule has 0 fully saturated rings. The molecule has 2 nitrogen and oxygen atoms in total. The summed E-state index contributed by atoms with van der Waals surface area (Å²) >= 11 is 0. The third-order valence-corrected chi connectivity index (χ3v) is 1.68. The van der Waals surface area contributed by atoms with E-state index in [-0.39, 0.29) is 6.61 Å². The molecule has 2 heteroatoms. The molecule has 0 unspecified atom stereocenters. The highest BCUT2D eigenvalue weighted by Crippen LogP contribution is 2.11. The van der Waals surface area contributed by atoms with Crippen molar-refractivity contribution in [2.45, 2.75) is 0 Å².